The van der Waals surface area contributed by atoms with E-state index in [0.29, 0.717) is 12.1 Å². The Labute approximate surface area is 126 Å². The number of hydrogen-bond donors (Lipinski definition) is 3. The molecule has 0 aliphatic heterocycles. The lowest BCUT2D eigenvalue weighted by Crippen LogP contribution is -2.31. The number of nitrogens with one attached hydrogen (secondary N) is 1. The highest BCUT2D eigenvalue weighted by Gasteiger charge is 2.18. The van der Waals surface area contributed by atoms with Crippen LogP contribution in [0.5, 0.6) is 0 Å². The van der Waals surface area contributed by atoms with Crippen LogP contribution in [-0.2, 0) is 16.0 Å². The SMILES string of the molecule is CC(C)(C)CC(N)CC(=O)Nc1ccc(CC(N)=O)cc1. The summed E-state index contributed by atoms with van der Waals surface area (Å²) in [5, 5.41) is 2.80. The monoisotopic (exact) mass is 291 g/mol. The van der Waals surface area contributed by atoms with Gasteiger partial charge in [-0.05, 0) is 29.5 Å². The van der Waals surface area contributed by atoms with Crippen LogP contribution in [0.4, 0.5) is 5.69 Å². The quantitative estimate of drug-likeness (QED) is 0.745. The van der Waals surface area contributed by atoms with Crippen LogP contribution in [0.25, 0.3) is 0 Å². The first-order valence-electron chi connectivity index (χ1n) is 7.08. The summed E-state index contributed by atoms with van der Waals surface area (Å²) in [5.74, 6) is -0.477. The molecule has 0 saturated carbocycles. The van der Waals surface area contributed by atoms with Gasteiger partial charge in [-0.1, -0.05) is 32.9 Å². The molecule has 0 fully saturated rings. The van der Waals surface area contributed by atoms with Gasteiger partial charge in [0.05, 0.1) is 6.42 Å². The largest absolute Gasteiger partial charge is 0.369 e. The summed E-state index contributed by atoms with van der Waals surface area (Å²) >= 11 is 0. The fourth-order valence-corrected chi connectivity index (χ4v) is 2.22. The van der Waals surface area contributed by atoms with Gasteiger partial charge in [0.2, 0.25) is 11.8 Å². The Morgan fingerprint density at radius 2 is 1.76 bits per heavy atom. The molecule has 5 nitrogen and oxygen atoms in total. The number of benzene rings is 1. The van der Waals surface area contributed by atoms with Gasteiger partial charge in [-0.25, -0.2) is 0 Å². The third kappa shape index (κ3) is 7.46. The van der Waals surface area contributed by atoms with Crippen LogP contribution in [0, 0.1) is 5.41 Å². The summed E-state index contributed by atoms with van der Waals surface area (Å²) in [6.45, 7) is 6.30. The average molecular weight is 291 g/mol. The maximum atomic E-state index is 11.9. The van der Waals surface area contributed by atoms with Gasteiger partial charge in [-0.3, -0.25) is 9.59 Å². The lowest BCUT2D eigenvalue weighted by molar-refractivity contribution is -0.118. The third-order valence-electron chi connectivity index (χ3n) is 2.94. The van der Waals surface area contributed by atoms with E-state index in [0.717, 1.165) is 12.0 Å². The summed E-state index contributed by atoms with van der Waals surface area (Å²) in [4.78, 5) is 22.7. The van der Waals surface area contributed by atoms with E-state index < -0.39 is 0 Å². The maximum Gasteiger partial charge on any atom is 0.225 e. The lowest BCUT2D eigenvalue weighted by atomic mass is 9.87. The molecule has 0 aromatic heterocycles. The molecule has 1 rings (SSSR count). The number of primary amides is 1. The molecule has 0 aliphatic rings. The van der Waals surface area contributed by atoms with Gasteiger partial charge in [-0.2, -0.15) is 0 Å². The highest BCUT2D eigenvalue weighted by Crippen LogP contribution is 2.21. The van der Waals surface area contributed by atoms with E-state index in [9.17, 15) is 9.59 Å². The predicted molar refractivity (Wildman–Crippen MR) is 84.6 cm³/mol. The van der Waals surface area contributed by atoms with E-state index in [1.165, 1.54) is 0 Å². The second kappa shape index (κ2) is 7.22. The van der Waals surface area contributed by atoms with E-state index in [2.05, 4.69) is 26.1 Å². The number of carbonyl (C=O) groups excluding carboxylic acids is 2. The molecule has 1 atom stereocenters. The van der Waals surface area contributed by atoms with E-state index in [-0.39, 0.29) is 29.7 Å². The van der Waals surface area contributed by atoms with Crippen LogP contribution in [0.2, 0.25) is 0 Å². The Bertz CT molecular complexity index is 489. The van der Waals surface area contributed by atoms with Gasteiger partial charge in [0.1, 0.15) is 0 Å². The Hall–Kier alpha value is -1.88. The van der Waals surface area contributed by atoms with E-state index >= 15 is 0 Å². The standard InChI is InChI=1S/C16H25N3O2/c1-16(2,3)10-12(17)9-15(21)19-13-6-4-11(5-7-13)8-14(18)20/h4-7,12H,8-10,17H2,1-3H3,(H2,18,20)(H,19,21). The van der Waals surface area contributed by atoms with E-state index in [1.54, 1.807) is 24.3 Å². The first-order chi connectivity index (χ1) is 9.65. The zero-order valence-corrected chi connectivity index (χ0v) is 13.0. The van der Waals surface area contributed by atoms with Crippen molar-refractivity contribution in [2.75, 3.05) is 5.32 Å². The summed E-state index contributed by atoms with van der Waals surface area (Å²) in [6.07, 6.45) is 1.28. The van der Waals surface area contributed by atoms with Gasteiger partial charge in [0, 0.05) is 18.2 Å². The van der Waals surface area contributed by atoms with Crippen molar-refractivity contribution in [1.82, 2.24) is 0 Å². The summed E-state index contributed by atoms with van der Waals surface area (Å²) in [7, 11) is 0. The van der Waals surface area contributed by atoms with Gasteiger partial charge < -0.3 is 16.8 Å². The van der Waals surface area contributed by atoms with E-state index in [1.807, 2.05) is 0 Å². The topological polar surface area (TPSA) is 98.2 Å². The number of carbonyl (C=O) groups is 2. The third-order valence-corrected chi connectivity index (χ3v) is 2.94. The molecule has 2 amide bonds. The molecule has 21 heavy (non-hydrogen) atoms. The predicted octanol–water partition coefficient (Wildman–Crippen LogP) is 1.81. The minimum absolute atomic E-state index is 0.102. The fourth-order valence-electron chi connectivity index (χ4n) is 2.22. The normalized spacial score (nSPS) is 12.8. The molecule has 0 heterocycles. The van der Waals surface area contributed by atoms with Gasteiger partial charge >= 0.3 is 0 Å². The number of nitrogens with two attached hydrogens (primary N) is 2. The van der Waals surface area contributed by atoms with Crippen LogP contribution in [0.1, 0.15) is 39.2 Å². The minimum Gasteiger partial charge on any atom is -0.369 e. The van der Waals surface area contributed by atoms with E-state index in [4.69, 9.17) is 11.5 Å². The van der Waals surface area contributed by atoms with Crippen molar-refractivity contribution in [1.29, 1.82) is 0 Å². The minimum atomic E-state index is -0.375. The zero-order valence-electron chi connectivity index (χ0n) is 13.0. The van der Waals surface area contributed by atoms with Crippen molar-refractivity contribution in [3.8, 4) is 0 Å². The first kappa shape index (κ1) is 17.2. The lowest BCUT2D eigenvalue weighted by Gasteiger charge is -2.22. The molecule has 1 unspecified atom stereocenters. The summed E-state index contributed by atoms with van der Waals surface area (Å²) < 4.78 is 0. The Morgan fingerprint density at radius 1 is 1.19 bits per heavy atom. The molecule has 0 bridgehead atoms. The van der Waals surface area contributed by atoms with Gasteiger partial charge in [0.25, 0.3) is 0 Å². The Balaban J connectivity index is 2.49. The van der Waals surface area contributed by atoms with Crippen LogP contribution in [0.15, 0.2) is 24.3 Å². The summed E-state index contributed by atoms with van der Waals surface area (Å²) in [5.41, 5.74) is 12.7. The molecule has 0 spiro atoms. The van der Waals surface area contributed by atoms with Crippen molar-refractivity contribution < 1.29 is 9.59 Å². The number of hydrogen-bond acceptors (Lipinski definition) is 3. The number of rotatable bonds is 6. The molecule has 116 valence electrons. The highest BCUT2D eigenvalue weighted by molar-refractivity contribution is 5.91. The Kier molecular flexibility index (Phi) is 5.90. The molecule has 1 aromatic rings. The molecule has 0 radical (unpaired) electrons. The van der Waals surface area contributed by atoms with Gasteiger partial charge in [-0.15, -0.1) is 0 Å². The van der Waals surface area contributed by atoms with Crippen LogP contribution < -0.4 is 16.8 Å². The molecule has 5 N–H and O–H groups in total. The molecule has 0 aliphatic carbocycles. The Morgan fingerprint density at radius 3 is 2.24 bits per heavy atom. The second-order valence-corrected chi connectivity index (χ2v) is 6.62. The average Bonchev–Trinajstić information content (AvgIpc) is 2.28. The van der Waals surface area contributed by atoms with Crippen LogP contribution in [0.3, 0.4) is 0 Å². The van der Waals surface area contributed by atoms with Crippen molar-refractivity contribution in [3.63, 3.8) is 0 Å². The van der Waals surface area contributed by atoms with Crippen LogP contribution in [-0.4, -0.2) is 17.9 Å². The van der Waals surface area contributed by atoms with Crippen molar-refractivity contribution in [2.24, 2.45) is 16.9 Å². The van der Waals surface area contributed by atoms with Gasteiger partial charge in [0.15, 0.2) is 0 Å². The fraction of sp³-hybridized carbons (Fsp3) is 0.500. The summed E-state index contributed by atoms with van der Waals surface area (Å²) in [6, 6.07) is 6.90. The first-order valence-corrected chi connectivity index (χ1v) is 7.08. The smallest absolute Gasteiger partial charge is 0.225 e. The second-order valence-electron chi connectivity index (χ2n) is 6.62. The number of anilines is 1. The highest BCUT2D eigenvalue weighted by atomic mass is 16.1. The molecular weight excluding hydrogens is 266 g/mol. The van der Waals surface area contributed by atoms with Crippen molar-refractivity contribution in [3.05, 3.63) is 29.8 Å². The maximum absolute atomic E-state index is 11.9. The van der Waals surface area contributed by atoms with Crippen molar-refractivity contribution >= 4 is 17.5 Å². The zero-order chi connectivity index (χ0) is 16.0. The number of amides is 2. The molecular formula is C16H25N3O2. The van der Waals surface area contributed by atoms with Crippen molar-refractivity contribution in [2.45, 2.75) is 46.1 Å². The molecule has 0 saturated heterocycles. The molecule has 5 heteroatoms. The molecule has 1 aromatic carbocycles. The van der Waals surface area contributed by atoms with Crippen LogP contribution >= 0.6 is 0 Å².